The molecule has 0 aliphatic carbocycles. The molecule has 1 aromatic heterocycles. The predicted octanol–water partition coefficient (Wildman–Crippen LogP) is 4.14. The Morgan fingerprint density at radius 2 is 1.63 bits per heavy atom. The van der Waals surface area contributed by atoms with Crippen LogP contribution in [-0.2, 0) is 11.3 Å². The quantitative estimate of drug-likeness (QED) is 0.455. The maximum atomic E-state index is 13.1. The average molecular weight is 400 g/mol. The van der Waals surface area contributed by atoms with Crippen molar-refractivity contribution in [2.75, 3.05) is 6.61 Å². The molecule has 4 rings (SSSR count). The second-order valence-electron chi connectivity index (χ2n) is 6.58. The maximum Gasteiger partial charge on any atom is 0.375 e. The number of ether oxygens (including phenoxy) is 2. The molecule has 0 atom stereocenters. The number of nitrogens with zero attached hydrogens (tertiary/aromatic N) is 2. The number of para-hydroxylation sites is 1. The van der Waals surface area contributed by atoms with Crippen LogP contribution in [0.15, 0.2) is 83.7 Å². The van der Waals surface area contributed by atoms with Gasteiger partial charge in [0, 0.05) is 0 Å². The minimum atomic E-state index is -0.648. The molecule has 0 unspecified atom stereocenters. The van der Waals surface area contributed by atoms with Crippen molar-refractivity contribution < 1.29 is 14.3 Å². The van der Waals surface area contributed by atoms with E-state index in [1.807, 2.05) is 30.3 Å². The van der Waals surface area contributed by atoms with Crippen LogP contribution >= 0.6 is 0 Å². The first-order valence-electron chi connectivity index (χ1n) is 9.63. The van der Waals surface area contributed by atoms with Gasteiger partial charge in [0.05, 0.1) is 23.2 Å². The number of carbonyl (C=O) groups excluding carboxylic acids is 1. The standard InChI is InChI=1S/C24H20N2O4/c1-2-29-24(28)22-25-21-11-7-6-10-20(21)23(27)26(22)18-12-14-19(15-13-18)30-16-17-8-4-3-5-9-17/h3-15H,2,16H2,1H3. The summed E-state index contributed by atoms with van der Waals surface area (Å²) in [5, 5.41) is 0.426. The summed E-state index contributed by atoms with van der Waals surface area (Å²) in [6.07, 6.45) is 0. The van der Waals surface area contributed by atoms with Gasteiger partial charge in [0.2, 0.25) is 5.82 Å². The molecule has 0 saturated heterocycles. The summed E-state index contributed by atoms with van der Waals surface area (Å²) >= 11 is 0. The van der Waals surface area contributed by atoms with Crippen molar-refractivity contribution in [3.8, 4) is 11.4 Å². The lowest BCUT2D eigenvalue weighted by Crippen LogP contribution is -2.27. The number of aromatic nitrogens is 2. The Bertz CT molecular complexity index is 1230. The van der Waals surface area contributed by atoms with E-state index < -0.39 is 5.97 Å². The van der Waals surface area contributed by atoms with Crippen LogP contribution in [0.4, 0.5) is 0 Å². The van der Waals surface area contributed by atoms with Crippen LogP contribution in [0.25, 0.3) is 16.6 Å². The molecule has 0 N–H and O–H groups in total. The molecule has 0 amide bonds. The van der Waals surface area contributed by atoms with Crippen LogP contribution in [0.3, 0.4) is 0 Å². The van der Waals surface area contributed by atoms with Crippen molar-refractivity contribution >= 4 is 16.9 Å². The van der Waals surface area contributed by atoms with Gasteiger partial charge in [0.1, 0.15) is 12.4 Å². The van der Waals surface area contributed by atoms with E-state index in [0.717, 1.165) is 5.56 Å². The Hall–Kier alpha value is -3.93. The van der Waals surface area contributed by atoms with Crippen molar-refractivity contribution in [2.24, 2.45) is 0 Å². The van der Waals surface area contributed by atoms with Crippen molar-refractivity contribution in [1.82, 2.24) is 9.55 Å². The Morgan fingerprint density at radius 1 is 0.933 bits per heavy atom. The SMILES string of the molecule is CCOC(=O)c1nc2ccccc2c(=O)n1-c1ccc(OCc2ccccc2)cc1. The lowest BCUT2D eigenvalue weighted by atomic mass is 10.2. The van der Waals surface area contributed by atoms with Crippen LogP contribution in [0.1, 0.15) is 23.1 Å². The Balaban J connectivity index is 1.71. The van der Waals surface area contributed by atoms with Gasteiger partial charge in [-0.1, -0.05) is 42.5 Å². The first-order valence-corrected chi connectivity index (χ1v) is 9.63. The van der Waals surface area contributed by atoms with Crippen molar-refractivity contribution in [2.45, 2.75) is 13.5 Å². The molecule has 0 radical (unpaired) electrons. The fourth-order valence-corrected chi connectivity index (χ4v) is 3.14. The van der Waals surface area contributed by atoms with Crippen molar-refractivity contribution in [3.63, 3.8) is 0 Å². The van der Waals surface area contributed by atoms with Gasteiger partial charge in [-0.05, 0) is 48.9 Å². The van der Waals surface area contributed by atoms with Gasteiger partial charge in [0.15, 0.2) is 0 Å². The number of esters is 1. The van der Waals surface area contributed by atoms with E-state index in [1.165, 1.54) is 4.57 Å². The molecule has 4 aromatic rings. The molecule has 3 aromatic carbocycles. The minimum absolute atomic E-state index is 0.0569. The average Bonchev–Trinajstić information content (AvgIpc) is 2.79. The molecule has 6 heteroatoms. The summed E-state index contributed by atoms with van der Waals surface area (Å²) in [5.74, 6) is -0.0506. The largest absolute Gasteiger partial charge is 0.489 e. The zero-order chi connectivity index (χ0) is 20.9. The molecule has 30 heavy (non-hydrogen) atoms. The highest BCUT2D eigenvalue weighted by atomic mass is 16.5. The highest BCUT2D eigenvalue weighted by Crippen LogP contribution is 2.19. The van der Waals surface area contributed by atoms with Crippen LogP contribution in [-0.4, -0.2) is 22.1 Å². The lowest BCUT2D eigenvalue weighted by Gasteiger charge is -2.13. The highest BCUT2D eigenvalue weighted by Gasteiger charge is 2.19. The zero-order valence-corrected chi connectivity index (χ0v) is 16.4. The fraction of sp³-hybridized carbons (Fsp3) is 0.125. The summed E-state index contributed by atoms with van der Waals surface area (Å²) in [5.41, 5.74) is 1.68. The predicted molar refractivity (Wildman–Crippen MR) is 114 cm³/mol. The van der Waals surface area contributed by atoms with Crippen LogP contribution in [0.2, 0.25) is 0 Å². The molecule has 150 valence electrons. The maximum absolute atomic E-state index is 13.1. The summed E-state index contributed by atoms with van der Waals surface area (Å²) in [4.78, 5) is 30.0. The molecule has 0 spiro atoms. The first-order chi connectivity index (χ1) is 14.7. The van der Waals surface area contributed by atoms with Gasteiger partial charge in [-0.2, -0.15) is 0 Å². The van der Waals surface area contributed by atoms with Crippen LogP contribution < -0.4 is 10.3 Å². The van der Waals surface area contributed by atoms with Gasteiger partial charge < -0.3 is 9.47 Å². The van der Waals surface area contributed by atoms with Gasteiger partial charge in [-0.25, -0.2) is 9.78 Å². The van der Waals surface area contributed by atoms with Crippen LogP contribution in [0, 0.1) is 0 Å². The highest BCUT2D eigenvalue weighted by molar-refractivity contribution is 5.89. The lowest BCUT2D eigenvalue weighted by molar-refractivity contribution is 0.0508. The molecule has 0 saturated carbocycles. The van der Waals surface area contributed by atoms with E-state index in [9.17, 15) is 9.59 Å². The van der Waals surface area contributed by atoms with Gasteiger partial charge >= 0.3 is 5.97 Å². The Morgan fingerprint density at radius 3 is 2.37 bits per heavy atom. The molecule has 0 aliphatic rings. The smallest absolute Gasteiger partial charge is 0.375 e. The van der Waals surface area contributed by atoms with E-state index in [0.29, 0.717) is 28.9 Å². The molecule has 1 heterocycles. The molecule has 0 aliphatic heterocycles. The minimum Gasteiger partial charge on any atom is -0.489 e. The van der Waals surface area contributed by atoms with Crippen molar-refractivity contribution in [3.05, 3.63) is 101 Å². The Kier molecular flexibility index (Phi) is 5.57. The monoisotopic (exact) mass is 400 g/mol. The van der Waals surface area contributed by atoms with E-state index in [4.69, 9.17) is 9.47 Å². The third kappa shape index (κ3) is 3.93. The number of fused-ring (bicyclic) bond motifs is 1. The summed E-state index contributed by atoms with van der Waals surface area (Å²) < 4.78 is 12.2. The van der Waals surface area contributed by atoms with E-state index in [1.54, 1.807) is 55.5 Å². The van der Waals surface area contributed by atoms with Gasteiger partial charge in [-0.15, -0.1) is 0 Å². The second-order valence-corrected chi connectivity index (χ2v) is 6.58. The molecule has 0 bridgehead atoms. The number of benzene rings is 3. The normalized spacial score (nSPS) is 10.7. The summed E-state index contributed by atoms with van der Waals surface area (Å²) in [7, 11) is 0. The van der Waals surface area contributed by atoms with E-state index in [-0.39, 0.29) is 18.0 Å². The molecular formula is C24H20N2O4. The fourth-order valence-electron chi connectivity index (χ4n) is 3.14. The number of hydrogen-bond acceptors (Lipinski definition) is 5. The van der Waals surface area contributed by atoms with Gasteiger partial charge in [0.25, 0.3) is 5.56 Å². The van der Waals surface area contributed by atoms with E-state index in [2.05, 4.69) is 4.98 Å². The molecule has 6 nitrogen and oxygen atoms in total. The van der Waals surface area contributed by atoms with E-state index >= 15 is 0 Å². The summed E-state index contributed by atoms with van der Waals surface area (Å²) in [6, 6.07) is 23.7. The molecule has 0 fully saturated rings. The second kappa shape index (κ2) is 8.61. The van der Waals surface area contributed by atoms with Crippen molar-refractivity contribution in [1.29, 1.82) is 0 Å². The molecular weight excluding hydrogens is 380 g/mol. The first kappa shape index (κ1) is 19.4. The van der Waals surface area contributed by atoms with Crippen LogP contribution in [0.5, 0.6) is 5.75 Å². The number of carbonyl (C=O) groups is 1. The topological polar surface area (TPSA) is 70.4 Å². The van der Waals surface area contributed by atoms with Gasteiger partial charge in [-0.3, -0.25) is 9.36 Å². The zero-order valence-electron chi connectivity index (χ0n) is 16.4. The Labute approximate surface area is 173 Å². The number of hydrogen-bond donors (Lipinski definition) is 0. The number of rotatable bonds is 6. The third-order valence-corrected chi connectivity index (χ3v) is 4.58. The summed E-state index contributed by atoms with van der Waals surface area (Å²) in [6.45, 7) is 2.33. The third-order valence-electron chi connectivity index (χ3n) is 4.58.